The number of nitrogens with one attached hydrogen (secondary N) is 1. The predicted octanol–water partition coefficient (Wildman–Crippen LogP) is 1.12. The van der Waals surface area contributed by atoms with Crippen molar-refractivity contribution in [3.05, 3.63) is 29.3 Å². The van der Waals surface area contributed by atoms with Crippen molar-refractivity contribution in [2.24, 2.45) is 0 Å². The van der Waals surface area contributed by atoms with E-state index >= 15 is 0 Å². The summed E-state index contributed by atoms with van der Waals surface area (Å²) in [6, 6.07) is 5.82. The lowest BCUT2D eigenvalue weighted by molar-refractivity contribution is -0.120. The number of anilines is 1. The third-order valence-corrected chi connectivity index (χ3v) is 3.76. The van der Waals surface area contributed by atoms with Crippen LogP contribution in [0.4, 0.5) is 10.5 Å². The van der Waals surface area contributed by atoms with Gasteiger partial charge >= 0.3 is 6.03 Å². The van der Waals surface area contributed by atoms with Crippen LogP contribution in [0.2, 0.25) is 0 Å². The van der Waals surface area contributed by atoms with Gasteiger partial charge in [0.2, 0.25) is 5.91 Å². The summed E-state index contributed by atoms with van der Waals surface area (Å²) in [6.45, 7) is 2.46. The number of fused-ring (bicyclic) bond motifs is 1. The van der Waals surface area contributed by atoms with Crippen molar-refractivity contribution in [2.75, 3.05) is 25.0 Å². The van der Waals surface area contributed by atoms with Crippen molar-refractivity contribution < 1.29 is 9.59 Å². The molecule has 1 aromatic rings. The van der Waals surface area contributed by atoms with E-state index in [-0.39, 0.29) is 11.9 Å². The highest BCUT2D eigenvalue weighted by Gasteiger charge is 2.25. The van der Waals surface area contributed by atoms with Crippen LogP contribution in [0.15, 0.2) is 18.2 Å². The molecule has 1 saturated heterocycles. The maximum absolute atomic E-state index is 11.8. The molecule has 1 N–H and O–H groups in total. The highest BCUT2D eigenvalue weighted by atomic mass is 16.2. The number of hydrogen-bond acceptors (Lipinski definition) is 3. The average Bonchev–Trinajstić information content (AvgIpc) is 2.38. The van der Waals surface area contributed by atoms with Gasteiger partial charge in [0.15, 0.2) is 0 Å². The van der Waals surface area contributed by atoms with Crippen LogP contribution >= 0.6 is 0 Å². The summed E-state index contributed by atoms with van der Waals surface area (Å²) in [5.74, 6) is -0.194. The highest BCUT2D eigenvalue weighted by molar-refractivity contribution is 6.05. The Balaban J connectivity index is 1.86. The molecule has 2 heterocycles. The molecule has 1 fully saturated rings. The molecule has 3 rings (SSSR count). The molecule has 1 aromatic carbocycles. The van der Waals surface area contributed by atoms with Gasteiger partial charge in [0.25, 0.3) is 0 Å². The molecule has 3 amide bonds. The van der Waals surface area contributed by atoms with Crippen molar-refractivity contribution in [3.63, 3.8) is 0 Å². The number of nitrogens with zero attached hydrogens (tertiary/aromatic N) is 2. The van der Waals surface area contributed by atoms with Crippen LogP contribution in [0.3, 0.4) is 0 Å². The maximum Gasteiger partial charge on any atom is 0.328 e. The molecule has 19 heavy (non-hydrogen) atoms. The number of urea groups is 1. The van der Waals surface area contributed by atoms with Gasteiger partial charge in [-0.05, 0) is 36.7 Å². The minimum Gasteiger partial charge on any atom is -0.302 e. The van der Waals surface area contributed by atoms with Gasteiger partial charge in [-0.25, -0.2) is 4.79 Å². The average molecular weight is 259 g/mol. The van der Waals surface area contributed by atoms with Gasteiger partial charge < -0.3 is 4.90 Å². The molecular formula is C14H17N3O2. The Kier molecular flexibility index (Phi) is 2.98. The molecular weight excluding hydrogens is 242 g/mol. The zero-order valence-corrected chi connectivity index (χ0v) is 11.0. The second kappa shape index (κ2) is 4.66. The van der Waals surface area contributed by atoms with Gasteiger partial charge in [-0.2, -0.15) is 0 Å². The molecule has 2 aliphatic rings. The Labute approximate surface area is 112 Å². The molecule has 0 saturated carbocycles. The molecule has 0 radical (unpaired) electrons. The first kappa shape index (κ1) is 12.2. The van der Waals surface area contributed by atoms with Crippen LogP contribution in [0.25, 0.3) is 0 Å². The first-order valence-corrected chi connectivity index (χ1v) is 6.55. The second-order valence-corrected chi connectivity index (χ2v) is 5.20. The van der Waals surface area contributed by atoms with Crippen LogP contribution in [-0.2, 0) is 17.8 Å². The van der Waals surface area contributed by atoms with Gasteiger partial charge in [0.1, 0.15) is 0 Å². The van der Waals surface area contributed by atoms with Crippen molar-refractivity contribution in [2.45, 2.75) is 19.4 Å². The number of likely N-dealkylation sites (N-methyl/N-ethyl adjacent to an activating group) is 1. The highest BCUT2D eigenvalue weighted by Crippen LogP contribution is 2.25. The maximum atomic E-state index is 11.8. The Morgan fingerprint density at radius 2 is 1.95 bits per heavy atom. The van der Waals surface area contributed by atoms with Crippen LogP contribution in [0.1, 0.15) is 17.5 Å². The number of hydrogen-bond donors (Lipinski definition) is 1. The van der Waals surface area contributed by atoms with Gasteiger partial charge in [0, 0.05) is 31.7 Å². The van der Waals surface area contributed by atoms with Crippen LogP contribution < -0.4 is 10.2 Å². The summed E-state index contributed by atoms with van der Waals surface area (Å²) >= 11 is 0. The van der Waals surface area contributed by atoms with Crippen molar-refractivity contribution in [1.29, 1.82) is 0 Å². The normalized spacial score (nSPS) is 20.2. The molecule has 5 nitrogen and oxygen atoms in total. The summed E-state index contributed by atoms with van der Waals surface area (Å²) in [5, 5.41) is 2.35. The van der Waals surface area contributed by atoms with E-state index < -0.39 is 0 Å². The summed E-state index contributed by atoms with van der Waals surface area (Å²) < 4.78 is 0. The zero-order chi connectivity index (χ0) is 13.4. The van der Waals surface area contributed by atoms with E-state index in [1.165, 1.54) is 11.1 Å². The van der Waals surface area contributed by atoms with E-state index in [9.17, 15) is 9.59 Å². The lowest BCUT2D eigenvalue weighted by Crippen LogP contribution is -2.49. The zero-order valence-electron chi connectivity index (χ0n) is 11.0. The van der Waals surface area contributed by atoms with Crippen LogP contribution in [-0.4, -0.2) is 37.0 Å². The van der Waals surface area contributed by atoms with Crippen molar-refractivity contribution in [3.8, 4) is 0 Å². The molecule has 0 bridgehead atoms. The number of carbonyl (C=O) groups is 2. The summed E-state index contributed by atoms with van der Waals surface area (Å²) in [6.07, 6.45) is 1.37. The molecule has 0 spiro atoms. The second-order valence-electron chi connectivity index (χ2n) is 5.20. The SMILES string of the molecule is CN1CCc2cc(N3CCC(=O)NC3=O)ccc2C1. The number of imide groups is 1. The molecule has 0 aromatic heterocycles. The van der Waals surface area contributed by atoms with Crippen molar-refractivity contribution in [1.82, 2.24) is 10.2 Å². The summed E-state index contributed by atoms with van der Waals surface area (Å²) in [4.78, 5) is 26.9. The quantitative estimate of drug-likeness (QED) is 0.822. The fraction of sp³-hybridized carbons (Fsp3) is 0.429. The largest absolute Gasteiger partial charge is 0.328 e. The van der Waals surface area contributed by atoms with Gasteiger partial charge in [-0.1, -0.05) is 6.07 Å². The lowest BCUT2D eigenvalue weighted by Gasteiger charge is -2.29. The molecule has 5 heteroatoms. The van der Waals surface area contributed by atoms with Crippen LogP contribution in [0, 0.1) is 0 Å². The van der Waals surface area contributed by atoms with Gasteiger partial charge in [-0.15, -0.1) is 0 Å². The third-order valence-electron chi connectivity index (χ3n) is 3.76. The van der Waals surface area contributed by atoms with Crippen LogP contribution in [0.5, 0.6) is 0 Å². The number of carbonyl (C=O) groups excluding carboxylic acids is 2. The van der Waals surface area contributed by atoms with E-state index in [1.54, 1.807) is 4.90 Å². The van der Waals surface area contributed by atoms with E-state index in [1.807, 2.05) is 6.07 Å². The van der Waals surface area contributed by atoms with Gasteiger partial charge in [-0.3, -0.25) is 15.0 Å². The summed E-state index contributed by atoms with van der Waals surface area (Å²) in [5.41, 5.74) is 3.51. The fourth-order valence-corrected chi connectivity index (χ4v) is 2.66. The number of rotatable bonds is 1. The fourth-order valence-electron chi connectivity index (χ4n) is 2.66. The molecule has 0 aliphatic carbocycles. The Hall–Kier alpha value is -1.88. The smallest absolute Gasteiger partial charge is 0.302 e. The Bertz CT molecular complexity index is 541. The number of amides is 3. The van der Waals surface area contributed by atoms with E-state index in [0.717, 1.165) is 25.2 Å². The molecule has 100 valence electrons. The number of benzene rings is 1. The summed E-state index contributed by atoms with van der Waals surface area (Å²) in [7, 11) is 2.11. The molecule has 2 aliphatic heterocycles. The van der Waals surface area contributed by atoms with E-state index in [2.05, 4.69) is 29.4 Å². The molecule has 0 unspecified atom stereocenters. The van der Waals surface area contributed by atoms with Gasteiger partial charge in [0.05, 0.1) is 0 Å². The minimum absolute atomic E-state index is 0.194. The lowest BCUT2D eigenvalue weighted by atomic mass is 9.99. The Morgan fingerprint density at radius 3 is 2.74 bits per heavy atom. The third kappa shape index (κ3) is 2.33. The monoisotopic (exact) mass is 259 g/mol. The predicted molar refractivity (Wildman–Crippen MR) is 72.0 cm³/mol. The minimum atomic E-state index is -0.316. The van der Waals surface area contributed by atoms with E-state index in [4.69, 9.17) is 0 Å². The standard InChI is InChI=1S/C14H17N3O2/c1-16-6-4-10-8-12(3-2-11(10)9-16)17-7-5-13(18)15-14(17)19/h2-3,8H,4-7,9H2,1H3,(H,15,18,19). The van der Waals surface area contributed by atoms with E-state index in [0.29, 0.717) is 13.0 Å². The first-order chi connectivity index (χ1) is 9.13. The Morgan fingerprint density at radius 1 is 1.11 bits per heavy atom. The van der Waals surface area contributed by atoms with Crippen molar-refractivity contribution >= 4 is 17.6 Å². The first-order valence-electron chi connectivity index (χ1n) is 6.55. The topological polar surface area (TPSA) is 52.6 Å². The molecule has 0 atom stereocenters.